The van der Waals surface area contributed by atoms with Crippen molar-refractivity contribution in [3.05, 3.63) is 82.8 Å². The second-order valence-corrected chi connectivity index (χ2v) is 9.65. The number of fused-ring (bicyclic) bond motifs is 1. The van der Waals surface area contributed by atoms with Gasteiger partial charge in [-0.05, 0) is 72.0 Å². The topological polar surface area (TPSA) is 111 Å². The zero-order valence-electron chi connectivity index (χ0n) is 20.5. The monoisotopic (exact) mass is 525 g/mol. The summed E-state index contributed by atoms with van der Waals surface area (Å²) in [6.45, 7) is -0.312. The van der Waals surface area contributed by atoms with E-state index >= 15 is 0 Å². The first-order valence-electron chi connectivity index (χ1n) is 12.0. The average molecular weight is 525 g/mol. The molecule has 2 aromatic heterocycles. The average Bonchev–Trinajstić information content (AvgIpc) is 3.51. The zero-order chi connectivity index (χ0) is 27.5. The largest absolute Gasteiger partial charge is 0.416 e. The summed E-state index contributed by atoms with van der Waals surface area (Å²) in [5.41, 5.74) is 0.705. The van der Waals surface area contributed by atoms with E-state index in [1.807, 2.05) is 0 Å². The Kier molecular flexibility index (Phi) is 5.30. The fraction of sp³-hybridized carbons (Fsp3) is 0.214. The summed E-state index contributed by atoms with van der Waals surface area (Å²) in [6.07, 6.45) is -1.95. The summed E-state index contributed by atoms with van der Waals surface area (Å²) in [5, 5.41) is 27.6. The zero-order valence-corrected chi connectivity index (χ0v) is 20.5. The molecule has 0 atom stereocenters. The molecule has 1 amide bonds. The Balaban J connectivity index is 1.55. The van der Waals surface area contributed by atoms with Crippen LogP contribution in [0.3, 0.4) is 0 Å². The molecule has 192 valence electrons. The van der Waals surface area contributed by atoms with Crippen molar-refractivity contribution in [1.82, 2.24) is 19.7 Å². The lowest BCUT2D eigenvalue weighted by Crippen LogP contribution is -2.25. The lowest BCUT2D eigenvalue weighted by molar-refractivity contribution is -0.138. The number of aromatic nitrogens is 4. The van der Waals surface area contributed by atoms with Gasteiger partial charge in [0, 0.05) is 18.2 Å². The van der Waals surface area contributed by atoms with E-state index in [9.17, 15) is 28.5 Å². The molecule has 1 aliphatic carbocycles. The third-order valence-corrected chi connectivity index (χ3v) is 7.23. The number of alkyl halides is 3. The first kappa shape index (κ1) is 24.3. The van der Waals surface area contributed by atoms with Gasteiger partial charge < -0.3 is 4.57 Å². The Morgan fingerprint density at radius 3 is 2.46 bits per heavy atom. The molecule has 0 spiro atoms. The molecule has 2 aromatic carbocycles. The molecule has 0 unspecified atom stereocenters. The minimum Gasteiger partial charge on any atom is -0.317 e. The van der Waals surface area contributed by atoms with Crippen LogP contribution in [-0.2, 0) is 25.2 Å². The summed E-state index contributed by atoms with van der Waals surface area (Å²) in [7, 11) is 1.77. The van der Waals surface area contributed by atoms with Crippen LogP contribution < -0.4 is 4.90 Å². The summed E-state index contributed by atoms with van der Waals surface area (Å²) in [5.74, 6) is 0.0488. The molecule has 0 saturated heterocycles. The van der Waals surface area contributed by atoms with Crippen LogP contribution in [0, 0.1) is 22.7 Å². The number of benzene rings is 2. The van der Waals surface area contributed by atoms with Crippen LogP contribution in [0.5, 0.6) is 0 Å². The number of anilines is 1. The van der Waals surface area contributed by atoms with E-state index in [2.05, 4.69) is 27.3 Å². The maximum absolute atomic E-state index is 13.7. The molecule has 6 rings (SSSR count). The van der Waals surface area contributed by atoms with Crippen LogP contribution in [0.15, 0.2) is 54.9 Å². The van der Waals surface area contributed by atoms with Gasteiger partial charge in [0.25, 0.3) is 5.91 Å². The van der Waals surface area contributed by atoms with Gasteiger partial charge in [-0.3, -0.25) is 9.69 Å². The fourth-order valence-electron chi connectivity index (χ4n) is 4.96. The quantitative estimate of drug-likeness (QED) is 0.364. The number of aryl methyl sites for hydroxylation is 1. The summed E-state index contributed by atoms with van der Waals surface area (Å²) >= 11 is 0. The predicted octanol–water partition coefficient (Wildman–Crippen LogP) is 5.15. The molecular weight excluding hydrogens is 507 g/mol. The van der Waals surface area contributed by atoms with E-state index in [1.165, 1.54) is 23.4 Å². The third kappa shape index (κ3) is 3.91. The maximum atomic E-state index is 13.7. The van der Waals surface area contributed by atoms with Crippen LogP contribution in [0.4, 0.5) is 19.0 Å². The summed E-state index contributed by atoms with van der Waals surface area (Å²) < 4.78 is 42.9. The number of carbonyl (C=O) groups excluding carboxylic acids is 1. The van der Waals surface area contributed by atoms with E-state index in [-0.39, 0.29) is 23.5 Å². The number of halogens is 3. The smallest absolute Gasteiger partial charge is 0.317 e. The van der Waals surface area contributed by atoms with E-state index in [4.69, 9.17) is 0 Å². The van der Waals surface area contributed by atoms with Crippen molar-refractivity contribution in [3.8, 4) is 34.7 Å². The van der Waals surface area contributed by atoms with Gasteiger partial charge >= 0.3 is 6.18 Å². The Hall–Kier alpha value is -5.03. The Morgan fingerprint density at radius 1 is 1.03 bits per heavy atom. The van der Waals surface area contributed by atoms with Crippen LogP contribution in [0.2, 0.25) is 0 Å². The van der Waals surface area contributed by atoms with Crippen molar-refractivity contribution in [2.24, 2.45) is 7.05 Å². The van der Waals surface area contributed by atoms with Gasteiger partial charge in [0.15, 0.2) is 5.82 Å². The first-order chi connectivity index (χ1) is 18.6. The molecular formula is C28H18F3N7O. The lowest BCUT2D eigenvalue weighted by Gasteiger charge is -2.20. The molecule has 0 N–H and O–H groups in total. The van der Waals surface area contributed by atoms with Crippen molar-refractivity contribution in [1.29, 1.82) is 10.5 Å². The minimum atomic E-state index is -4.62. The molecule has 8 nitrogen and oxygen atoms in total. The minimum absolute atomic E-state index is 0.0359. The number of hydrogen-bond acceptors (Lipinski definition) is 6. The summed E-state index contributed by atoms with van der Waals surface area (Å²) in [4.78, 5) is 19.2. The SMILES string of the molecule is Cn1cnnc1-c1ccc(C#N)cc1-c1cc(N2Cc3c(cccc3C(F)(F)F)C2=O)nc(C2(C#N)CC2)c1. The number of rotatable bonds is 4. The van der Waals surface area contributed by atoms with Gasteiger partial charge in [-0.2, -0.15) is 23.7 Å². The molecule has 3 heterocycles. The van der Waals surface area contributed by atoms with E-state index in [0.29, 0.717) is 46.6 Å². The van der Waals surface area contributed by atoms with E-state index < -0.39 is 23.1 Å². The molecule has 4 aromatic rings. The number of nitriles is 2. The highest BCUT2D eigenvalue weighted by Gasteiger charge is 2.47. The van der Waals surface area contributed by atoms with E-state index in [0.717, 1.165) is 6.07 Å². The van der Waals surface area contributed by atoms with Crippen LogP contribution >= 0.6 is 0 Å². The van der Waals surface area contributed by atoms with Crippen LogP contribution in [0.1, 0.15) is 45.6 Å². The van der Waals surface area contributed by atoms with Crippen molar-refractivity contribution < 1.29 is 18.0 Å². The standard InChI is InChI=1S/C28H18F3N7O/c1-37-15-34-36-25(37)18-6-5-16(12-32)9-20(18)17-10-23(27(14-33)7-8-27)35-24(11-17)38-13-21-19(26(38)39)3-2-4-22(21)28(29,30)31/h2-6,9-11,15H,7-8,13H2,1H3. The van der Waals surface area contributed by atoms with Gasteiger partial charge in [-0.15, -0.1) is 10.2 Å². The second kappa shape index (κ2) is 8.50. The Bertz CT molecular complexity index is 1760. The predicted molar refractivity (Wildman–Crippen MR) is 133 cm³/mol. The molecule has 0 radical (unpaired) electrons. The third-order valence-electron chi connectivity index (χ3n) is 7.23. The maximum Gasteiger partial charge on any atom is 0.416 e. The number of hydrogen-bond donors (Lipinski definition) is 0. The Labute approximate surface area is 220 Å². The number of carbonyl (C=O) groups is 1. The number of nitrogens with zero attached hydrogens (tertiary/aromatic N) is 7. The molecule has 1 fully saturated rings. The van der Waals surface area contributed by atoms with Crippen molar-refractivity contribution in [2.45, 2.75) is 31.0 Å². The molecule has 11 heteroatoms. The van der Waals surface area contributed by atoms with Crippen molar-refractivity contribution in [2.75, 3.05) is 4.90 Å². The molecule has 1 aliphatic heterocycles. The highest BCUT2D eigenvalue weighted by atomic mass is 19.4. The first-order valence-corrected chi connectivity index (χ1v) is 12.0. The van der Waals surface area contributed by atoms with Gasteiger partial charge in [0.05, 0.1) is 40.9 Å². The second-order valence-electron chi connectivity index (χ2n) is 9.65. The van der Waals surface area contributed by atoms with E-state index in [1.54, 1.807) is 41.9 Å². The normalized spacial score (nSPS) is 15.5. The lowest BCUT2D eigenvalue weighted by atomic mass is 9.94. The molecule has 2 aliphatic rings. The number of pyridine rings is 1. The molecule has 39 heavy (non-hydrogen) atoms. The van der Waals surface area contributed by atoms with Gasteiger partial charge in [-0.25, -0.2) is 4.98 Å². The van der Waals surface area contributed by atoms with Crippen molar-refractivity contribution >= 4 is 11.7 Å². The number of amides is 1. The van der Waals surface area contributed by atoms with Crippen molar-refractivity contribution in [3.63, 3.8) is 0 Å². The van der Waals surface area contributed by atoms with Gasteiger partial charge in [-0.1, -0.05) is 6.07 Å². The summed E-state index contributed by atoms with van der Waals surface area (Å²) in [6, 6.07) is 16.4. The van der Waals surface area contributed by atoms with Crippen LogP contribution in [-0.4, -0.2) is 25.7 Å². The Morgan fingerprint density at radius 2 is 1.82 bits per heavy atom. The highest BCUT2D eigenvalue weighted by Crippen LogP contribution is 2.49. The van der Waals surface area contributed by atoms with Gasteiger partial charge in [0.1, 0.15) is 12.1 Å². The van der Waals surface area contributed by atoms with Crippen LogP contribution in [0.25, 0.3) is 22.5 Å². The molecule has 0 bridgehead atoms. The molecule has 1 saturated carbocycles. The fourth-order valence-corrected chi connectivity index (χ4v) is 4.96. The van der Waals surface area contributed by atoms with Gasteiger partial charge in [0.2, 0.25) is 0 Å². The highest BCUT2D eigenvalue weighted by molar-refractivity contribution is 6.10.